The van der Waals surface area contributed by atoms with Gasteiger partial charge in [-0.1, -0.05) is 6.92 Å². The average molecular weight is 396 g/mol. The average Bonchev–Trinajstić information content (AvgIpc) is 2.93. The Morgan fingerprint density at radius 1 is 1.38 bits per heavy atom. The lowest BCUT2D eigenvalue weighted by Gasteiger charge is -2.28. The molecule has 2 atom stereocenters. The molecule has 24 heavy (non-hydrogen) atoms. The number of ether oxygens (including phenoxy) is 1. The molecule has 2 heterocycles. The van der Waals surface area contributed by atoms with Gasteiger partial charge >= 0.3 is 6.18 Å². The fourth-order valence-corrected chi connectivity index (χ4v) is 3.05. The second-order valence-electron chi connectivity index (χ2n) is 5.96. The summed E-state index contributed by atoms with van der Waals surface area (Å²) in [6.07, 6.45) is -3.42. The number of halogens is 5. The van der Waals surface area contributed by atoms with Crippen molar-refractivity contribution in [2.75, 3.05) is 52.5 Å². The SMILES string of the molecule is CCN(CC1CCN(C(=O)C2COCCN2)C1)CC(F)(F)F.Cl.Cl. The molecule has 10 heteroatoms. The molecule has 0 aromatic carbocycles. The molecule has 0 radical (unpaired) electrons. The molecule has 2 fully saturated rings. The fraction of sp³-hybridized carbons (Fsp3) is 0.929. The summed E-state index contributed by atoms with van der Waals surface area (Å²) in [5, 5.41) is 3.12. The lowest BCUT2D eigenvalue weighted by Crippen LogP contribution is -2.52. The molecule has 2 rings (SSSR count). The summed E-state index contributed by atoms with van der Waals surface area (Å²) in [5.74, 6) is 0.108. The summed E-state index contributed by atoms with van der Waals surface area (Å²) in [4.78, 5) is 15.5. The van der Waals surface area contributed by atoms with Crippen molar-refractivity contribution in [2.24, 2.45) is 5.92 Å². The van der Waals surface area contributed by atoms with Crippen LogP contribution in [-0.2, 0) is 9.53 Å². The Morgan fingerprint density at radius 2 is 2.08 bits per heavy atom. The normalized spacial score (nSPS) is 24.5. The molecule has 0 aromatic rings. The van der Waals surface area contributed by atoms with Crippen molar-refractivity contribution in [3.05, 3.63) is 0 Å². The molecule has 0 aliphatic carbocycles. The zero-order chi connectivity index (χ0) is 16.2. The summed E-state index contributed by atoms with van der Waals surface area (Å²) in [5.41, 5.74) is 0. The van der Waals surface area contributed by atoms with E-state index in [1.54, 1.807) is 11.8 Å². The first-order valence-electron chi connectivity index (χ1n) is 7.78. The zero-order valence-electron chi connectivity index (χ0n) is 13.7. The Labute approximate surface area is 153 Å². The first-order chi connectivity index (χ1) is 10.4. The first kappa shape index (κ1) is 23.7. The van der Waals surface area contributed by atoms with Crippen LogP contribution in [-0.4, -0.2) is 80.4 Å². The van der Waals surface area contributed by atoms with Gasteiger partial charge in [0.1, 0.15) is 6.04 Å². The molecule has 0 spiro atoms. The van der Waals surface area contributed by atoms with Crippen molar-refractivity contribution < 1.29 is 22.7 Å². The van der Waals surface area contributed by atoms with E-state index in [2.05, 4.69) is 5.32 Å². The number of nitrogens with zero attached hydrogens (tertiary/aromatic N) is 2. The molecule has 1 N–H and O–H groups in total. The molecule has 2 saturated heterocycles. The second kappa shape index (κ2) is 10.7. The highest BCUT2D eigenvalue weighted by Crippen LogP contribution is 2.22. The fourth-order valence-electron chi connectivity index (χ4n) is 3.05. The van der Waals surface area contributed by atoms with E-state index in [-0.39, 0.29) is 42.7 Å². The summed E-state index contributed by atoms with van der Waals surface area (Å²) in [6, 6.07) is -0.315. The number of amides is 1. The van der Waals surface area contributed by atoms with Crippen molar-refractivity contribution in [3.8, 4) is 0 Å². The van der Waals surface area contributed by atoms with E-state index < -0.39 is 12.7 Å². The Hall–Kier alpha value is -0.280. The van der Waals surface area contributed by atoms with Crippen molar-refractivity contribution in [2.45, 2.75) is 25.6 Å². The largest absolute Gasteiger partial charge is 0.401 e. The van der Waals surface area contributed by atoms with Crippen molar-refractivity contribution >= 4 is 30.7 Å². The summed E-state index contributed by atoms with van der Waals surface area (Å²) >= 11 is 0. The number of nitrogens with one attached hydrogen (secondary N) is 1. The number of rotatable bonds is 5. The van der Waals surface area contributed by atoms with Gasteiger partial charge in [-0.15, -0.1) is 24.8 Å². The highest BCUT2D eigenvalue weighted by Gasteiger charge is 2.35. The van der Waals surface area contributed by atoms with Crippen LogP contribution in [0, 0.1) is 5.92 Å². The van der Waals surface area contributed by atoms with Gasteiger partial charge < -0.3 is 15.0 Å². The Kier molecular flexibility index (Phi) is 10.5. The quantitative estimate of drug-likeness (QED) is 0.766. The van der Waals surface area contributed by atoms with Gasteiger partial charge in [-0.25, -0.2) is 0 Å². The van der Waals surface area contributed by atoms with Crippen LogP contribution in [0.25, 0.3) is 0 Å². The van der Waals surface area contributed by atoms with Crippen molar-refractivity contribution in [3.63, 3.8) is 0 Å². The zero-order valence-corrected chi connectivity index (χ0v) is 15.3. The number of carbonyl (C=O) groups is 1. The molecule has 2 unspecified atom stereocenters. The maximum atomic E-state index is 12.5. The third kappa shape index (κ3) is 7.31. The van der Waals surface area contributed by atoms with Gasteiger partial charge in [0, 0.05) is 26.2 Å². The summed E-state index contributed by atoms with van der Waals surface area (Å²) < 4.78 is 42.7. The molecule has 0 bridgehead atoms. The van der Waals surface area contributed by atoms with E-state index in [4.69, 9.17) is 4.74 Å². The lowest BCUT2D eigenvalue weighted by atomic mass is 10.1. The molecule has 0 saturated carbocycles. The van der Waals surface area contributed by atoms with E-state index in [0.29, 0.717) is 45.9 Å². The molecule has 144 valence electrons. The highest BCUT2D eigenvalue weighted by atomic mass is 35.5. The predicted octanol–water partition coefficient (Wildman–Crippen LogP) is 1.55. The molecular weight excluding hydrogens is 370 g/mol. The highest BCUT2D eigenvalue weighted by molar-refractivity contribution is 5.85. The summed E-state index contributed by atoms with van der Waals surface area (Å²) in [7, 11) is 0. The van der Waals surface area contributed by atoms with Crippen LogP contribution >= 0.6 is 24.8 Å². The van der Waals surface area contributed by atoms with Crippen LogP contribution in [0.2, 0.25) is 0 Å². The van der Waals surface area contributed by atoms with Gasteiger partial charge in [-0.3, -0.25) is 9.69 Å². The smallest absolute Gasteiger partial charge is 0.378 e. The standard InChI is InChI=1S/C14H24F3N3O2.2ClH/c1-2-19(10-14(15,16)17)7-11-3-5-20(8-11)13(21)12-9-22-6-4-18-12;;/h11-12,18H,2-10H2,1H3;2*1H. The lowest BCUT2D eigenvalue weighted by molar-refractivity contribution is -0.147. The van der Waals surface area contributed by atoms with E-state index >= 15 is 0 Å². The van der Waals surface area contributed by atoms with Gasteiger partial charge in [0.05, 0.1) is 19.8 Å². The van der Waals surface area contributed by atoms with E-state index in [1.807, 2.05) is 0 Å². The van der Waals surface area contributed by atoms with Crippen LogP contribution in [0.3, 0.4) is 0 Å². The minimum absolute atomic E-state index is 0. The number of alkyl halides is 3. The van der Waals surface area contributed by atoms with Gasteiger partial charge in [0.15, 0.2) is 0 Å². The number of carbonyl (C=O) groups excluding carboxylic acids is 1. The van der Waals surface area contributed by atoms with Gasteiger partial charge in [-0.05, 0) is 18.9 Å². The van der Waals surface area contributed by atoms with Crippen molar-refractivity contribution in [1.29, 1.82) is 0 Å². The maximum absolute atomic E-state index is 12.5. The van der Waals surface area contributed by atoms with Gasteiger partial charge in [0.2, 0.25) is 5.91 Å². The monoisotopic (exact) mass is 395 g/mol. The first-order valence-corrected chi connectivity index (χ1v) is 7.78. The van der Waals surface area contributed by atoms with Crippen LogP contribution in [0.4, 0.5) is 13.2 Å². The Balaban J connectivity index is 0.00000264. The third-order valence-corrected chi connectivity index (χ3v) is 4.18. The van der Waals surface area contributed by atoms with Crippen LogP contribution < -0.4 is 5.32 Å². The topological polar surface area (TPSA) is 44.8 Å². The number of morpholine rings is 1. The summed E-state index contributed by atoms with van der Waals surface area (Å²) in [6.45, 7) is 4.37. The number of likely N-dealkylation sites (tertiary alicyclic amines) is 1. The predicted molar refractivity (Wildman–Crippen MR) is 90.0 cm³/mol. The maximum Gasteiger partial charge on any atom is 0.401 e. The molecule has 1 amide bonds. The van der Waals surface area contributed by atoms with Crippen LogP contribution in [0.1, 0.15) is 13.3 Å². The number of hydrogen-bond acceptors (Lipinski definition) is 4. The Bertz CT molecular complexity index is 383. The van der Waals surface area contributed by atoms with Crippen LogP contribution in [0.5, 0.6) is 0 Å². The molecular formula is C14H26Cl2F3N3O2. The Morgan fingerprint density at radius 3 is 2.62 bits per heavy atom. The van der Waals surface area contributed by atoms with E-state index in [0.717, 1.165) is 6.42 Å². The van der Waals surface area contributed by atoms with E-state index in [1.165, 1.54) is 4.90 Å². The van der Waals surface area contributed by atoms with Crippen LogP contribution in [0.15, 0.2) is 0 Å². The second-order valence-corrected chi connectivity index (χ2v) is 5.96. The molecule has 2 aliphatic rings. The minimum Gasteiger partial charge on any atom is -0.378 e. The van der Waals surface area contributed by atoms with Crippen molar-refractivity contribution in [1.82, 2.24) is 15.1 Å². The third-order valence-electron chi connectivity index (χ3n) is 4.18. The van der Waals surface area contributed by atoms with Gasteiger partial charge in [-0.2, -0.15) is 13.2 Å². The van der Waals surface area contributed by atoms with Gasteiger partial charge in [0.25, 0.3) is 0 Å². The molecule has 2 aliphatic heterocycles. The van der Waals surface area contributed by atoms with E-state index in [9.17, 15) is 18.0 Å². The molecule has 0 aromatic heterocycles. The minimum atomic E-state index is -4.17. The number of hydrogen-bond donors (Lipinski definition) is 1. The molecule has 5 nitrogen and oxygen atoms in total.